The van der Waals surface area contributed by atoms with Crippen molar-refractivity contribution in [2.75, 3.05) is 19.6 Å². The maximum atomic E-state index is 11.7. The molecule has 0 saturated carbocycles. The Balaban J connectivity index is 2.18. The van der Waals surface area contributed by atoms with Crippen molar-refractivity contribution in [3.05, 3.63) is 35.4 Å². The SMILES string of the molecule is CC(=O)NCCNC(=O)CCC(=O)NCCc1cccc(C(=O)O)c1. The van der Waals surface area contributed by atoms with Gasteiger partial charge < -0.3 is 21.1 Å². The normalized spacial score (nSPS) is 9.96. The second-order valence-electron chi connectivity index (χ2n) is 5.44. The van der Waals surface area contributed by atoms with Crippen LogP contribution < -0.4 is 16.0 Å². The summed E-state index contributed by atoms with van der Waals surface area (Å²) in [6.45, 7) is 2.43. The molecule has 4 N–H and O–H groups in total. The number of aromatic carboxylic acids is 1. The summed E-state index contributed by atoms with van der Waals surface area (Å²) >= 11 is 0. The average molecular weight is 349 g/mol. The molecule has 0 aromatic heterocycles. The van der Waals surface area contributed by atoms with Crippen LogP contribution >= 0.6 is 0 Å². The van der Waals surface area contributed by atoms with E-state index in [1.165, 1.54) is 13.0 Å². The van der Waals surface area contributed by atoms with Crippen LogP contribution in [0.2, 0.25) is 0 Å². The molecule has 1 aromatic carbocycles. The molecule has 0 bridgehead atoms. The van der Waals surface area contributed by atoms with Gasteiger partial charge in [-0.05, 0) is 24.1 Å². The number of rotatable bonds is 10. The third-order valence-electron chi connectivity index (χ3n) is 3.31. The van der Waals surface area contributed by atoms with Crippen molar-refractivity contribution in [2.45, 2.75) is 26.2 Å². The Morgan fingerprint density at radius 3 is 2.12 bits per heavy atom. The van der Waals surface area contributed by atoms with Crippen LogP contribution in [-0.4, -0.2) is 48.4 Å². The van der Waals surface area contributed by atoms with Gasteiger partial charge in [0.15, 0.2) is 0 Å². The first-order chi connectivity index (χ1) is 11.9. The van der Waals surface area contributed by atoms with Gasteiger partial charge in [-0.2, -0.15) is 0 Å². The summed E-state index contributed by atoms with van der Waals surface area (Å²) in [4.78, 5) is 44.8. The third-order valence-corrected chi connectivity index (χ3v) is 3.31. The highest BCUT2D eigenvalue weighted by Gasteiger charge is 2.07. The summed E-state index contributed by atoms with van der Waals surface area (Å²) in [5.74, 6) is -1.65. The van der Waals surface area contributed by atoms with E-state index in [0.717, 1.165) is 5.56 Å². The molecule has 3 amide bonds. The van der Waals surface area contributed by atoms with E-state index in [4.69, 9.17) is 5.11 Å². The number of amides is 3. The van der Waals surface area contributed by atoms with Crippen molar-refractivity contribution in [3.8, 4) is 0 Å². The third kappa shape index (κ3) is 9.09. The number of hydrogen-bond donors (Lipinski definition) is 4. The summed E-state index contributed by atoms with van der Waals surface area (Å²) in [5, 5.41) is 16.8. The van der Waals surface area contributed by atoms with Gasteiger partial charge in [-0.1, -0.05) is 12.1 Å². The summed E-state index contributed by atoms with van der Waals surface area (Å²) in [7, 11) is 0. The van der Waals surface area contributed by atoms with Crippen molar-refractivity contribution < 1.29 is 24.3 Å². The number of nitrogens with one attached hydrogen (secondary N) is 3. The van der Waals surface area contributed by atoms with Crippen LogP contribution in [0.25, 0.3) is 0 Å². The van der Waals surface area contributed by atoms with Crippen LogP contribution in [-0.2, 0) is 20.8 Å². The van der Waals surface area contributed by atoms with Gasteiger partial charge >= 0.3 is 5.97 Å². The monoisotopic (exact) mass is 349 g/mol. The number of carbonyl (C=O) groups is 4. The zero-order valence-electron chi connectivity index (χ0n) is 14.1. The Hall–Kier alpha value is -2.90. The molecule has 1 rings (SSSR count). The van der Waals surface area contributed by atoms with Crippen LogP contribution in [0.15, 0.2) is 24.3 Å². The molecule has 0 aliphatic rings. The lowest BCUT2D eigenvalue weighted by Gasteiger charge is -2.07. The van der Waals surface area contributed by atoms with Crippen LogP contribution in [0.4, 0.5) is 0 Å². The Kier molecular flexibility index (Phi) is 8.70. The van der Waals surface area contributed by atoms with E-state index in [-0.39, 0.29) is 36.1 Å². The Morgan fingerprint density at radius 2 is 1.52 bits per heavy atom. The number of hydrogen-bond acceptors (Lipinski definition) is 4. The molecule has 0 atom stereocenters. The first kappa shape index (κ1) is 20.1. The molecule has 0 aliphatic heterocycles. The largest absolute Gasteiger partial charge is 0.478 e. The standard InChI is InChI=1S/C17H23N3O5/c1-12(21)18-9-10-20-16(23)6-5-15(22)19-8-7-13-3-2-4-14(11-13)17(24)25/h2-4,11H,5-10H2,1H3,(H,18,21)(H,19,22)(H,20,23)(H,24,25). The molecule has 25 heavy (non-hydrogen) atoms. The predicted molar refractivity (Wildman–Crippen MR) is 91.0 cm³/mol. The quantitative estimate of drug-likeness (QED) is 0.445. The van der Waals surface area contributed by atoms with E-state index in [1.807, 2.05) is 0 Å². The van der Waals surface area contributed by atoms with Crippen molar-refractivity contribution in [1.82, 2.24) is 16.0 Å². The van der Waals surface area contributed by atoms with Crippen LogP contribution in [0.5, 0.6) is 0 Å². The van der Waals surface area contributed by atoms with Crippen LogP contribution in [0.3, 0.4) is 0 Å². The second kappa shape index (κ2) is 10.8. The molecule has 0 heterocycles. The molecule has 0 unspecified atom stereocenters. The number of carbonyl (C=O) groups excluding carboxylic acids is 3. The average Bonchev–Trinajstić information content (AvgIpc) is 2.57. The molecule has 8 nitrogen and oxygen atoms in total. The maximum Gasteiger partial charge on any atom is 0.335 e. The fraction of sp³-hybridized carbons (Fsp3) is 0.412. The lowest BCUT2D eigenvalue weighted by Crippen LogP contribution is -2.34. The molecule has 0 saturated heterocycles. The highest BCUT2D eigenvalue weighted by atomic mass is 16.4. The fourth-order valence-electron chi connectivity index (χ4n) is 2.05. The van der Waals surface area contributed by atoms with Crippen molar-refractivity contribution >= 4 is 23.7 Å². The second-order valence-corrected chi connectivity index (χ2v) is 5.44. The zero-order valence-corrected chi connectivity index (χ0v) is 14.1. The molecular weight excluding hydrogens is 326 g/mol. The van der Waals surface area contributed by atoms with Gasteiger partial charge in [0.05, 0.1) is 5.56 Å². The lowest BCUT2D eigenvalue weighted by molar-refractivity contribution is -0.126. The Bertz CT molecular complexity index is 630. The minimum Gasteiger partial charge on any atom is -0.478 e. The highest BCUT2D eigenvalue weighted by molar-refractivity contribution is 5.87. The van der Waals surface area contributed by atoms with E-state index >= 15 is 0 Å². The summed E-state index contributed by atoms with van der Waals surface area (Å²) in [6, 6.07) is 6.53. The number of carboxylic acids is 1. The van der Waals surface area contributed by atoms with Gasteiger partial charge in [0.2, 0.25) is 17.7 Å². The van der Waals surface area contributed by atoms with Crippen LogP contribution in [0.1, 0.15) is 35.7 Å². The number of benzene rings is 1. The van der Waals surface area contributed by atoms with Crippen molar-refractivity contribution in [3.63, 3.8) is 0 Å². The fourth-order valence-corrected chi connectivity index (χ4v) is 2.05. The molecule has 1 aromatic rings. The summed E-state index contributed by atoms with van der Waals surface area (Å²) < 4.78 is 0. The maximum absolute atomic E-state index is 11.7. The first-order valence-corrected chi connectivity index (χ1v) is 7.98. The van der Waals surface area contributed by atoms with Gasteiger partial charge in [-0.15, -0.1) is 0 Å². The minimum atomic E-state index is -0.990. The Labute approximate surface area is 146 Å². The molecule has 0 fully saturated rings. The van der Waals surface area contributed by atoms with Gasteiger partial charge in [-0.3, -0.25) is 14.4 Å². The minimum absolute atomic E-state index is 0.0698. The topological polar surface area (TPSA) is 125 Å². The molecule has 0 spiro atoms. The van der Waals surface area contributed by atoms with E-state index in [1.54, 1.807) is 18.2 Å². The first-order valence-electron chi connectivity index (χ1n) is 7.98. The lowest BCUT2D eigenvalue weighted by atomic mass is 10.1. The van der Waals surface area contributed by atoms with Crippen molar-refractivity contribution in [2.24, 2.45) is 0 Å². The van der Waals surface area contributed by atoms with Gasteiger partial charge in [0.25, 0.3) is 0 Å². The van der Waals surface area contributed by atoms with Gasteiger partial charge in [0, 0.05) is 39.4 Å². The molecule has 0 aliphatic carbocycles. The molecular formula is C17H23N3O5. The van der Waals surface area contributed by atoms with E-state index in [2.05, 4.69) is 16.0 Å². The van der Waals surface area contributed by atoms with E-state index in [0.29, 0.717) is 26.1 Å². The molecule has 136 valence electrons. The van der Waals surface area contributed by atoms with E-state index in [9.17, 15) is 19.2 Å². The smallest absolute Gasteiger partial charge is 0.335 e. The number of carboxylic acid groups (broad SMARTS) is 1. The van der Waals surface area contributed by atoms with E-state index < -0.39 is 5.97 Å². The summed E-state index contributed by atoms with van der Waals surface area (Å²) in [5.41, 5.74) is 1.02. The highest BCUT2D eigenvalue weighted by Crippen LogP contribution is 2.05. The van der Waals surface area contributed by atoms with Crippen LogP contribution in [0, 0.1) is 0 Å². The van der Waals surface area contributed by atoms with Crippen molar-refractivity contribution in [1.29, 1.82) is 0 Å². The zero-order chi connectivity index (χ0) is 18.7. The molecule has 0 radical (unpaired) electrons. The van der Waals surface area contributed by atoms with Gasteiger partial charge in [-0.25, -0.2) is 4.79 Å². The predicted octanol–water partition coefficient (Wildman–Crippen LogP) is 0.0760. The summed E-state index contributed by atoms with van der Waals surface area (Å²) in [6.07, 6.45) is 0.650. The Morgan fingerprint density at radius 1 is 0.920 bits per heavy atom. The van der Waals surface area contributed by atoms with Gasteiger partial charge in [0.1, 0.15) is 0 Å². The molecule has 8 heteroatoms.